The lowest BCUT2D eigenvalue weighted by molar-refractivity contribution is 0.536. The van der Waals surface area contributed by atoms with Gasteiger partial charge in [-0.1, -0.05) is 12.1 Å². The topological polar surface area (TPSA) is 29.9 Å². The van der Waals surface area contributed by atoms with Crippen molar-refractivity contribution < 1.29 is 4.39 Å². The first-order chi connectivity index (χ1) is 8.20. The van der Waals surface area contributed by atoms with Crippen molar-refractivity contribution in [2.45, 2.75) is 12.5 Å². The number of nitrogens with zero attached hydrogens (tertiary/aromatic N) is 2. The zero-order chi connectivity index (χ0) is 12.3. The first-order valence-electron chi connectivity index (χ1n) is 5.60. The second-order valence-corrected chi connectivity index (χ2v) is 4.05. The monoisotopic (exact) mass is 233 g/mol. The molecule has 1 heterocycles. The molecule has 0 spiro atoms. The molecule has 0 radical (unpaired) electrons. The van der Waals surface area contributed by atoms with Gasteiger partial charge in [-0.05, 0) is 37.2 Å². The van der Waals surface area contributed by atoms with Crippen LogP contribution >= 0.6 is 0 Å². The molecule has 0 amide bonds. The molecule has 0 bridgehead atoms. The number of nitrogens with one attached hydrogen (secondary N) is 1. The minimum Gasteiger partial charge on any atom is -0.311 e. The summed E-state index contributed by atoms with van der Waals surface area (Å²) in [5.41, 5.74) is 2.23. The van der Waals surface area contributed by atoms with Crippen LogP contribution in [0.4, 0.5) is 4.39 Å². The second kappa shape index (κ2) is 5.10. The van der Waals surface area contributed by atoms with E-state index < -0.39 is 0 Å². The maximum absolute atomic E-state index is 12.8. The summed E-state index contributed by atoms with van der Waals surface area (Å²) >= 11 is 0. The minimum atomic E-state index is -0.199. The van der Waals surface area contributed by atoms with Gasteiger partial charge >= 0.3 is 0 Å². The van der Waals surface area contributed by atoms with Gasteiger partial charge in [0.2, 0.25) is 0 Å². The van der Waals surface area contributed by atoms with Gasteiger partial charge in [0.15, 0.2) is 0 Å². The van der Waals surface area contributed by atoms with E-state index in [2.05, 4.69) is 10.4 Å². The van der Waals surface area contributed by atoms with Gasteiger partial charge in [-0.3, -0.25) is 4.68 Å². The molecule has 1 atom stereocenters. The number of rotatable bonds is 4. The van der Waals surface area contributed by atoms with E-state index in [0.29, 0.717) is 0 Å². The Hall–Kier alpha value is -1.68. The molecule has 1 N–H and O–H groups in total. The summed E-state index contributed by atoms with van der Waals surface area (Å²) in [6.45, 7) is 0. The third-order valence-corrected chi connectivity index (χ3v) is 2.92. The van der Waals surface area contributed by atoms with E-state index in [1.54, 1.807) is 6.20 Å². The average Bonchev–Trinajstić information content (AvgIpc) is 2.75. The Morgan fingerprint density at radius 1 is 1.29 bits per heavy atom. The third-order valence-electron chi connectivity index (χ3n) is 2.92. The smallest absolute Gasteiger partial charge is 0.123 e. The number of halogens is 1. The molecule has 1 aromatic carbocycles. The van der Waals surface area contributed by atoms with Gasteiger partial charge in [0.25, 0.3) is 0 Å². The maximum atomic E-state index is 12.8. The van der Waals surface area contributed by atoms with Crippen LogP contribution in [0.1, 0.15) is 17.3 Å². The summed E-state index contributed by atoms with van der Waals surface area (Å²) < 4.78 is 14.7. The molecule has 0 fully saturated rings. The van der Waals surface area contributed by atoms with Gasteiger partial charge < -0.3 is 5.32 Å². The lowest BCUT2D eigenvalue weighted by Crippen LogP contribution is -2.21. The van der Waals surface area contributed by atoms with Gasteiger partial charge in [0, 0.05) is 13.2 Å². The fourth-order valence-electron chi connectivity index (χ4n) is 1.94. The van der Waals surface area contributed by atoms with Crippen LogP contribution in [-0.4, -0.2) is 16.8 Å². The number of benzene rings is 1. The van der Waals surface area contributed by atoms with Crippen LogP contribution in [0, 0.1) is 5.82 Å². The van der Waals surface area contributed by atoms with Gasteiger partial charge in [-0.2, -0.15) is 5.10 Å². The summed E-state index contributed by atoms with van der Waals surface area (Å²) in [7, 11) is 3.84. The zero-order valence-electron chi connectivity index (χ0n) is 10.0. The Morgan fingerprint density at radius 2 is 2.00 bits per heavy atom. The molecule has 1 aromatic heterocycles. The van der Waals surface area contributed by atoms with Gasteiger partial charge in [0.05, 0.1) is 11.7 Å². The van der Waals surface area contributed by atoms with Gasteiger partial charge in [0.1, 0.15) is 5.82 Å². The number of hydrogen-bond donors (Lipinski definition) is 1. The van der Waals surface area contributed by atoms with Crippen LogP contribution in [0.5, 0.6) is 0 Å². The summed E-state index contributed by atoms with van der Waals surface area (Å²) in [5.74, 6) is -0.199. The molecule has 1 unspecified atom stereocenters. The van der Waals surface area contributed by atoms with Crippen LogP contribution in [0.2, 0.25) is 0 Å². The largest absolute Gasteiger partial charge is 0.311 e. The second-order valence-electron chi connectivity index (χ2n) is 4.05. The van der Waals surface area contributed by atoms with Crippen molar-refractivity contribution in [2.75, 3.05) is 7.05 Å². The molecule has 17 heavy (non-hydrogen) atoms. The van der Waals surface area contributed by atoms with Crippen molar-refractivity contribution in [2.24, 2.45) is 7.05 Å². The number of likely N-dealkylation sites (N-methyl/N-ethyl adjacent to an activating group) is 1. The number of hydrogen-bond acceptors (Lipinski definition) is 2. The molecule has 0 aliphatic carbocycles. The van der Waals surface area contributed by atoms with Crippen LogP contribution in [0.3, 0.4) is 0 Å². The number of aryl methyl sites for hydroxylation is 1. The van der Waals surface area contributed by atoms with E-state index in [4.69, 9.17) is 0 Å². The zero-order valence-corrected chi connectivity index (χ0v) is 10.0. The normalized spacial score (nSPS) is 12.6. The third kappa shape index (κ3) is 2.71. The summed E-state index contributed by atoms with van der Waals surface area (Å²) in [6.07, 6.45) is 2.60. The standard InChI is InChI=1S/C13H16FN3/c1-15-12(13-7-8-16-17(13)2)9-10-3-5-11(14)6-4-10/h3-8,12,15H,9H2,1-2H3. The summed E-state index contributed by atoms with van der Waals surface area (Å²) in [4.78, 5) is 0. The highest BCUT2D eigenvalue weighted by Crippen LogP contribution is 2.17. The highest BCUT2D eigenvalue weighted by Gasteiger charge is 2.13. The van der Waals surface area contributed by atoms with Crippen LogP contribution in [-0.2, 0) is 13.5 Å². The molecule has 2 aromatic rings. The predicted octanol–water partition coefficient (Wildman–Crippen LogP) is 2.06. The van der Waals surface area contributed by atoms with E-state index in [9.17, 15) is 4.39 Å². The Bertz CT molecular complexity index is 476. The van der Waals surface area contributed by atoms with Gasteiger partial charge in [-0.15, -0.1) is 0 Å². The van der Waals surface area contributed by atoms with Crippen molar-refractivity contribution in [3.63, 3.8) is 0 Å². The molecule has 90 valence electrons. The predicted molar refractivity (Wildman–Crippen MR) is 65.1 cm³/mol. The maximum Gasteiger partial charge on any atom is 0.123 e. The molecule has 0 saturated carbocycles. The van der Waals surface area contributed by atoms with Crippen molar-refractivity contribution in [1.82, 2.24) is 15.1 Å². The Kier molecular flexibility index (Phi) is 3.54. The van der Waals surface area contributed by atoms with Crippen molar-refractivity contribution in [3.05, 3.63) is 53.6 Å². The lowest BCUT2D eigenvalue weighted by atomic mass is 10.0. The fraction of sp³-hybridized carbons (Fsp3) is 0.308. The van der Waals surface area contributed by atoms with Crippen LogP contribution < -0.4 is 5.32 Å². The summed E-state index contributed by atoms with van der Waals surface area (Å²) in [5, 5.41) is 7.41. The summed E-state index contributed by atoms with van der Waals surface area (Å²) in [6, 6.07) is 8.79. The molecule has 4 heteroatoms. The minimum absolute atomic E-state index is 0.188. The van der Waals surface area contributed by atoms with Crippen molar-refractivity contribution >= 4 is 0 Å². The molecular formula is C13H16FN3. The molecule has 2 rings (SSSR count). The van der Waals surface area contributed by atoms with E-state index in [0.717, 1.165) is 17.7 Å². The number of aromatic nitrogens is 2. The average molecular weight is 233 g/mol. The lowest BCUT2D eigenvalue weighted by Gasteiger charge is -2.16. The van der Waals surface area contributed by atoms with Crippen LogP contribution in [0.25, 0.3) is 0 Å². The highest BCUT2D eigenvalue weighted by atomic mass is 19.1. The van der Waals surface area contributed by atoms with Crippen LogP contribution in [0.15, 0.2) is 36.5 Å². The SMILES string of the molecule is CNC(Cc1ccc(F)cc1)c1ccnn1C. The van der Waals surface area contributed by atoms with Crippen molar-refractivity contribution in [3.8, 4) is 0 Å². The Balaban J connectivity index is 2.16. The Morgan fingerprint density at radius 3 is 2.53 bits per heavy atom. The molecule has 0 aliphatic rings. The first kappa shape index (κ1) is 11.8. The van der Waals surface area contributed by atoms with Gasteiger partial charge in [-0.25, -0.2) is 4.39 Å². The molecular weight excluding hydrogens is 217 g/mol. The van der Waals surface area contributed by atoms with E-state index in [1.807, 2.05) is 37.0 Å². The highest BCUT2D eigenvalue weighted by molar-refractivity contribution is 5.20. The van der Waals surface area contributed by atoms with E-state index >= 15 is 0 Å². The molecule has 0 saturated heterocycles. The van der Waals surface area contributed by atoms with E-state index in [-0.39, 0.29) is 11.9 Å². The Labute approximate surface area is 100 Å². The van der Waals surface area contributed by atoms with Crippen molar-refractivity contribution in [1.29, 1.82) is 0 Å². The molecule has 0 aliphatic heterocycles. The van der Waals surface area contributed by atoms with E-state index in [1.165, 1.54) is 12.1 Å². The first-order valence-corrected chi connectivity index (χ1v) is 5.60. The quantitative estimate of drug-likeness (QED) is 0.876. The molecule has 3 nitrogen and oxygen atoms in total. The fourth-order valence-corrected chi connectivity index (χ4v) is 1.94.